The summed E-state index contributed by atoms with van der Waals surface area (Å²) in [6.07, 6.45) is 0. The average molecular weight is 458 g/mol. The Morgan fingerprint density at radius 3 is 2.22 bits per heavy atom. The first-order chi connectivity index (χ1) is 12.8. The van der Waals surface area contributed by atoms with Crippen LogP contribution in [0.25, 0.3) is 0 Å². The number of carbonyl (C=O) groups excluding carboxylic acids is 3. The molecule has 0 bridgehead atoms. The molecule has 0 atom stereocenters. The summed E-state index contributed by atoms with van der Waals surface area (Å²) in [4.78, 5) is 35.8. The summed E-state index contributed by atoms with van der Waals surface area (Å²) in [7, 11) is 3.72. The molecule has 2 aromatic rings. The molecule has 8 nitrogen and oxygen atoms in total. The number of ether oxygens (including phenoxy) is 4. The second-order valence-corrected chi connectivity index (χ2v) is 6.96. The molecule has 1 aromatic heterocycles. The number of benzene rings is 1. The van der Waals surface area contributed by atoms with Gasteiger partial charge in [-0.15, -0.1) is 11.3 Å². The zero-order chi connectivity index (χ0) is 20.1. The number of methoxy groups -OCH3 is 3. The number of rotatable bonds is 6. The summed E-state index contributed by atoms with van der Waals surface area (Å²) in [5.74, 6) is -1.42. The Bertz CT molecular complexity index is 894. The molecule has 0 aliphatic carbocycles. The summed E-state index contributed by atoms with van der Waals surface area (Å²) < 4.78 is 20.3. The molecule has 0 aliphatic heterocycles. The largest absolute Gasteiger partial charge is 0.488 e. The molecule has 1 heterocycles. The molecule has 144 valence electrons. The van der Waals surface area contributed by atoms with Gasteiger partial charge in [-0.25, -0.2) is 14.4 Å². The van der Waals surface area contributed by atoms with Gasteiger partial charge in [0.05, 0.1) is 31.4 Å². The van der Waals surface area contributed by atoms with Crippen LogP contribution >= 0.6 is 27.3 Å². The number of nitrogen functional groups attached to an aromatic ring is 1. The van der Waals surface area contributed by atoms with Crippen molar-refractivity contribution in [2.45, 2.75) is 6.61 Å². The van der Waals surface area contributed by atoms with Crippen molar-refractivity contribution in [3.8, 4) is 5.75 Å². The van der Waals surface area contributed by atoms with Crippen molar-refractivity contribution >= 4 is 50.2 Å². The van der Waals surface area contributed by atoms with E-state index in [1.807, 2.05) is 0 Å². The van der Waals surface area contributed by atoms with Crippen LogP contribution in [0.2, 0.25) is 0 Å². The smallest absolute Gasteiger partial charge is 0.348 e. The predicted octanol–water partition coefficient (Wildman–Crippen LogP) is 3.03. The predicted molar refractivity (Wildman–Crippen MR) is 101 cm³/mol. The first kappa shape index (κ1) is 20.7. The van der Waals surface area contributed by atoms with Gasteiger partial charge in [0.25, 0.3) is 0 Å². The number of hydrogen-bond donors (Lipinski definition) is 1. The van der Waals surface area contributed by atoms with Gasteiger partial charge in [0, 0.05) is 5.56 Å². The van der Waals surface area contributed by atoms with Gasteiger partial charge in [0.15, 0.2) is 0 Å². The third kappa shape index (κ3) is 4.40. The fourth-order valence-electron chi connectivity index (χ4n) is 2.22. The Morgan fingerprint density at radius 1 is 1.04 bits per heavy atom. The SMILES string of the molecule is COC(=O)c1ccc(OCc2c(C(=O)OC)sc(N)c2C(=O)OC)c(Br)c1. The van der Waals surface area contributed by atoms with Crippen LogP contribution in [-0.2, 0) is 20.8 Å². The van der Waals surface area contributed by atoms with Crippen molar-refractivity contribution in [2.24, 2.45) is 0 Å². The fraction of sp³-hybridized carbons (Fsp3) is 0.235. The highest BCUT2D eigenvalue weighted by atomic mass is 79.9. The summed E-state index contributed by atoms with van der Waals surface area (Å²) in [6, 6.07) is 4.61. The van der Waals surface area contributed by atoms with Gasteiger partial charge in [0.2, 0.25) is 0 Å². The topological polar surface area (TPSA) is 114 Å². The third-order valence-electron chi connectivity index (χ3n) is 3.52. The van der Waals surface area contributed by atoms with Gasteiger partial charge in [-0.3, -0.25) is 0 Å². The van der Waals surface area contributed by atoms with Gasteiger partial charge in [-0.1, -0.05) is 0 Å². The Morgan fingerprint density at radius 2 is 1.67 bits per heavy atom. The van der Waals surface area contributed by atoms with E-state index in [1.54, 1.807) is 6.07 Å². The number of carbonyl (C=O) groups is 3. The number of hydrogen-bond acceptors (Lipinski definition) is 9. The van der Waals surface area contributed by atoms with Crippen molar-refractivity contribution in [3.63, 3.8) is 0 Å². The van der Waals surface area contributed by atoms with E-state index in [2.05, 4.69) is 20.7 Å². The van der Waals surface area contributed by atoms with Crippen molar-refractivity contribution in [3.05, 3.63) is 44.2 Å². The fourth-order valence-corrected chi connectivity index (χ4v) is 3.69. The standard InChI is InChI=1S/C17H16BrNO7S/c1-23-15(20)8-4-5-11(10(18)6-8)26-7-9-12(16(21)24-2)14(19)27-13(9)17(22)25-3/h4-6H,7,19H2,1-3H3. The lowest BCUT2D eigenvalue weighted by atomic mass is 10.1. The second kappa shape index (κ2) is 8.87. The Kier molecular flexibility index (Phi) is 6.81. The van der Waals surface area contributed by atoms with Crippen LogP contribution in [0.5, 0.6) is 5.75 Å². The molecule has 2 rings (SSSR count). The first-order valence-corrected chi connectivity index (χ1v) is 9.03. The molecule has 2 N–H and O–H groups in total. The molecule has 0 radical (unpaired) electrons. The maximum atomic E-state index is 12.0. The molecule has 0 aliphatic rings. The zero-order valence-electron chi connectivity index (χ0n) is 14.7. The molecule has 10 heteroatoms. The van der Waals surface area contributed by atoms with Crippen LogP contribution < -0.4 is 10.5 Å². The highest BCUT2D eigenvalue weighted by molar-refractivity contribution is 9.10. The normalized spacial score (nSPS) is 10.2. The highest BCUT2D eigenvalue weighted by Gasteiger charge is 2.27. The molecule has 27 heavy (non-hydrogen) atoms. The number of halogens is 1. The average Bonchev–Trinajstić information content (AvgIpc) is 3.01. The van der Waals surface area contributed by atoms with Crippen molar-refractivity contribution < 1.29 is 33.3 Å². The molecule has 0 fully saturated rings. The van der Waals surface area contributed by atoms with E-state index in [9.17, 15) is 14.4 Å². The van der Waals surface area contributed by atoms with Gasteiger partial charge in [-0.05, 0) is 34.1 Å². The Balaban J connectivity index is 2.35. The van der Waals surface area contributed by atoms with E-state index in [0.29, 0.717) is 15.8 Å². The van der Waals surface area contributed by atoms with Crippen molar-refractivity contribution in [1.29, 1.82) is 0 Å². The number of esters is 3. The van der Waals surface area contributed by atoms with Gasteiger partial charge in [-0.2, -0.15) is 0 Å². The molecule has 0 spiro atoms. The van der Waals surface area contributed by atoms with Crippen molar-refractivity contribution in [1.82, 2.24) is 0 Å². The monoisotopic (exact) mass is 457 g/mol. The lowest BCUT2D eigenvalue weighted by Gasteiger charge is -2.11. The van der Waals surface area contributed by atoms with E-state index < -0.39 is 17.9 Å². The van der Waals surface area contributed by atoms with Crippen LogP contribution in [-0.4, -0.2) is 39.2 Å². The van der Waals surface area contributed by atoms with Gasteiger partial charge < -0.3 is 24.7 Å². The van der Waals surface area contributed by atoms with E-state index >= 15 is 0 Å². The summed E-state index contributed by atoms with van der Waals surface area (Å²) in [6.45, 7) is -0.140. The van der Waals surface area contributed by atoms with Crippen LogP contribution in [0.15, 0.2) is 22.7 Å². The molecule has 0 saturated carbocycles. The van der Waals surface area contributed by atoms with Crippen LogP contribution in [0, 0.1) is 0 Å². The van der Waals surface area contributed by atoms with E-state index in [4.69, 9.17) is 19.9 Å². The van der Waals surface area contributed by atoms with Gasteiger partial charge in [0.1, 0.15) is 27.8 Å². The first-order valence-electron chi connectivity index (χ1n) is 7.42. The number of nitrogens with two attached hydrogens (primary N) is 1. The highest BCUT2D eigenvalue weighted by Crippen LogP contribution is 2.34. The summed E-state index contributed by atoms with van der Waals surface area (Å²) >= 11 is 4.22. The number of thiophene rings is 1. The molecule has 0 amide bonds. The van der Waals surface area contributed by atoms with E-state index in [-0.39, 0.29) is 27.6 Å². The maximum absolute atomic E-state index is 12.0. The van der Waals surface area contributed by atoms with Gasteiger partial charge >= 0.3 is 17.9 Å². The minimum Gasteiger partial charge on any atom is -0.488 e. The molecular weight excluding hydrogens is 442 g/mol. The third-order valence-corrected chi connectivity index (χ3v) is 5.18. The summed E-state index contributed by atoms with van der Waals surface area (Å²) in [5, 5.41) is 0.126. The summed E-state index contributed by atoms with van der Waals surface area (Å²) in [5.41, 5.74) is 6.53. The number of anilines is 1. The minimum atomic E-state index is -0.683. The molecule has 0 unspecified atom stereocenters. The molecule has 0 saturated heterocycles. The van der Waals surface area contributed by atoms with Crippen LogP contribution in [0.1, 0.15) is 36.0 Å². The van der Waals surface area contributed by atoms with Crippen LogP contribution in [0.3, 0.4) is 0 Å². The zero-order valence-corrected chi connectivity index (χ0v) is 17.1. The van der Waals surface area contributed by atoms with Crippen LogP contribution in [0.4, 0.5) is 5.00 Å². The van der Waals surface area contributed by atoms with E-state index in [1.165, 1.54) is 33.5 Å². The minimum absolute atomic E-state index is 0.0604. The lowest BCUT2D eigenvalue weighted by molar-refractivity contribution is 0.0586. The Hall–Kier alpha value is -2.59. The molecule has 1 aromatic carbocycles. The van der Waals surface area contributed by atoms with Crippen molar-refractivity contribution in [2.75, 3.05) is 27.1 Å². The maximum Gasteiger partial charge on any atom is 0.348 e. The lowest BCUT2D eigenvalue weighted by Crippen LogP contribution is -2.11. The van der Waals surface area contributed by atoms with E-state index in [0.717, 1.165) is 11.3 Å². The Labute approximate surface area is 167 Å². The quantitative estimate of drug-likeness (QED) is 0.519. The second-order valence-electron chi connectivity index (χ2n) is 5.06. The molecular formula is C17H16BrNO7S.